The van der Waals surface area contributed by atoms with Crippen molar-refractivity contribution in [3.05, 3.63) is 29.8 Å². The molecular weight excluding hydrogens is 216 g/mol. The molecule has 0 radical (unpaired) electrons. The summed E-state index contributed by atoms with van der Waals surface area (Å²) in [6.45, 7) is 1.76. The van der Waals surface area contributed by atoms with E-state index >= 15 is 0 Å². The van der Waals surface area contributed by atoms with Crippen molar-refractivity contribution in [1.29, 1.82) is 0 Å². The van der Waals surface area contributed by atoms with E-state index in [1.807, 2.05) is 12.1 Å². The number of rotatable bonds is 6. The standard InChI is InChI=1S/C13H20N2O2/c1-15(2)9-5-8-14-13(16)11-6-4-7-12(10-11)17-3/h4,6-7,10H,5,8-9H2,1-3H3,(H,14,16)/p+1. The molecule has 1 amide bonds. The molecule has 4 heteroatoms. The van der Waals surface area contributed by atoms with E-state index in [4.69, 9.17) is 4.74 Å². The lowest BCUT2D eigenvalue weighted by Crippen LogP contribution is -3.05. The highest BCUT2D eigenvalue weighted by Gasteiger charge is 2.05. The van der Waals surface area contributed by atoms with Crippen LogP contribution in [0.15, 0.2) is 24.3 Å². The molecule has 17 heavy (non-hydrogen) atoms. The first-order valence-corrected chi connectivity index (χ1v) is 5.84. The van der Waals surface area contributed by atoms with Gasteiger partial charge in [0.1, 0.15) is 5.75 Å². The van der Waals surface area contributed by atoms with Crippen LogP contribution in [0.2, 0.25) is 0 Å². The van der Waals surface area contributed by atoms with E-state index in [0.717, 1.165) is 13.0 Å². The second-order valence-electron chi connectivity index (χ2n) is 4.30. The van der Waals surface area contributed by atoms with Crippen LogP contribution in [0.5, 0.6) is 5.75 Å². The summed E-state index contributed by atoms with van der Waals surface area (Å²) < 4.78 is 5.08. The van der Waals surface area contributed by atoms with E-state index in [9.17, 15) is 4.79 Å². The molecule has 0 spiro atoms. The number of carbonyl (C=O) groups is 1. The van der Waals surface area contributed by atoms with Crippen molar-refractivity contribution >= 4 is 5.91 Å². The van der Waals surface area contributed by atoms with E-state index in [1.54, 1.807) is 19.2 Å². The average Bonchev–Trinajstić information content (AvgIpc) is 2.34. The van der Waals surface area contributed by atoms with E-state index in [0.29, 0.717) is 17.9 Å². The summed E-state index contributed by atoms with van der Waals surface area (Å²) in [6, 6.07) is 7.17. The first kappa shape index (κ1) is 13.5. The van der Waals surface area contributed by atoms with Crippen molar-refractivity contribution in [2.75, 3.05) is 34.3 Å². The van der Waals surface area contributed by atoms with Crippen LogP contribution in [0.25, 0.3) is 0 Å². The zero-order chi connectivity index (χ0) is 12.7. The third kappa shape index (κ3) is 4.87. The Morgan fingerprint density at radius 3 is 2.82 bits per heavy atom. The average molecular weight is 237 g/mol. The molecule has 4 nitrogen and oxygen atoms in total. The maximum Gasteiger partial charge on any atom is 0.251 e. The molecule has 1 aromatic rings. The van der Waals surface area contributed by atoms with Gasteiger partial charge < -0.3 is 15.0 Å². The predicted molar refractivity (Wildman–Crippen MR) is 67.6 cm³/mol. The Bertz CT molecular complexity index is 364. The third-order valence-electron chi connectivity index (χ3n) is 2.47. The van der Waals surface area contributed by atoms with Gasteiger partial charge in [-0.2, -0.15) is 0 Å². The van der Waals surface area contributed by atoms with Crippen molar-refractivity contribution in [2.24, 2.45) is 0 Å². The summed E-state index contributed by atoms with van der Waals surface area (Å²) in [4.78, 5) is 13.2. The summed E-state index contributed by atoms with van der Waals surface area (Å²) in [5.74, 6) is 0.660. The van der Waals surface area contributed by atoms with E-state index in [2.05, 4.69) is 19.4 Å². The number of hydrogen-bond donors (Lipinski definition) is 2. The molecule has 2 N–H and O–H groups in total. The molecule has 1 rings (SSSR count). The Hall–Kier alpha value is -1.55. The second kappa shape index (κ2) is 6.91. The van der Waals surface area contributed by atoms with Crippen molar-refractivity contribution in [3.63, 3.8) is 0 Å². The highest BCUT2D eigenvalue weighted by molar-refractivity contribution is 5.94. The number of amides is 1. The van der Waals surface area contributed by atoms with Gasteiger partial charge in [-0.15, -0.1) is 0 Å². The number of benzene rings is 1. The Kier molecular flexibility index (Phi) is 5.49. The third-order valence-corrected chi connectivity index (χ3v) is 2.47. The maximum absolute atomic E-state index is 11.8. The number of nitrogens with one attached hydrogen (secondary N) is 2. The fraction of sp³-hybridized carbons (Fsp3) is 0.462. The van der Waals surface area contributed by atoms with Crippen LogP contribution < -0.4 is 15.0 Å². The molecule has 0 saturated heterocycles. The highest BCUT2D eigenvalue weighted by Crippen LogP contribution is 2.12. The zero-order valence-corrected chi connectivity index (χ0v) is 10.7. The van der Waals surface area contributed by atoms with Crippen LogP contribution in [-0.2, 0) is 0 Å². The molecule has 0 aliphatic rings. The molecular formula is C13H21N2O2+. The Labute approximate surface area is 103 Å². The van der Waals surface area contributed by atoms with Crippen LogP contribution in [0, 0.1) is 0 Å². The monoisotopic (exact) mass is 237 g/mol. The SMILES string of the molecule is COc1cccc(C(=O)NCCC[NH+](C)C)c1. The minimum atomic E-state index is -0.0438. The van der Waals surface area contributed by atoms with Gasteiger partial charge in [-0.25, -0.2) is 0 Å². The molecule has 0 aliphatic heterocycles. The lowest BCUT2D eigenvalue weighted by molar-refractivity contribution is -0.858. The zero-order valence-electron chi connectivity index (χ0n) is 10.7. The van der Waals surface area contributed by atoms with Gasteiger partial charge >= 0.3 is 0 Å². The number of carbonyl (C=O) groups excluding carboxylic acids is 1. The smallest absolute Gasteiger partial charge is 0.251 e. The van der Waals surface area contributed by atoms with Gasteiger partial charge in [0, 0.05) is 18.5 Å². The minimum Gasteiger partial charge on any atom is -0.497 e. The molecule has 0 unspecified atom stereocenters. The second-order valence-corrected chi connectivity index (χ2v) is 4.30. The molecule has 0 aliphatic carbocycles. The maximum atomic E-state index is 11.8. The Balaban J connectivity index is 2.41. The summed E-state index contributed by atoms with van der Waals surface area (Å²) in [7, 11) is 5.80. The van der Waals surface area contributed by atoms with Gasteiger partial charge in [-0.3, -0.25) is 4.79 Å². The molecule has 0 saturated carbocycles. The first-order chi connectivity index (χ1) is 8.13. The van der Waals surface area contributed by atoms with Crippen molar-refractivity contribution in [3.8, 4) is 5.75 Å². The molecule has 0 atom stereocenters. The van der Waals surface area contributed by atoms with E-state index < -0.39 is 0 Å². The Morgan fingerprint density at radius 2 is 2.18 bits per heavy atom. The van der Waals surface area contributed by atoms with Gasteiger partial charge in [0.25, 0.3) is 5.91 Å². The van der Waals surface area contributed by atoms with Gasteiger partial charge in [-0.1, -0.05) is 6.07 Å². The van der Waals surface area contributed by atoms with Crippen LogP contribution in [-0.4, -0.2) is 40.2 Å². The minimum absolute atomic E-state index is 0.0438. The summed E-state index contributed by atoms with van der Waals surface area (Å²) in [5.41, 5.74) is 0.640. The summed E-state index contributed by atoms with van der Waals surface area (Å²) in [5, 5.41) is 2.90. The predicted octanol–water partition coefficient (Wildman–Crippen LogP) is -0.0404. The molecule has 0 fully saturated rings. The van der Waals surface area contributed by atoms with Gasteiger partial charge in [0.15, 0.2) is 0 Å². The first-order valence-electron chi connectivity index (χ1n) is 5.84. The molecule has 0 bridgehead atoms. The van der Waals surface area contributed by atoms with Crippen LogP contribution >= 0.6 is 0 Å². The van der Waals surface area contributed by atoms with Crippen molar-refractivity contribution in [1.82, 2.24) is 5.32 Å². The van der Waals surface area contributed by atoms with Crippen molar-refractivity contribution in [2.45, 2.75) is 6.42 Å². The topological polar surface area (TPSA) is 42.8 Å². The normalized spacial score (nSPS) is 10.4. The number of hydrogen-bond acceptors (Lipinski definition) is 2. The van der Waals surface area contributed by atoms with Crippen LogP contribution in [0.1, 0.15) is 16.8 Å². The molecule has 0 heterocycles. The lowest BCUT2D eigenvalue weighted by Gasteiger charge is -2.08. The van der Waals surface area contributed by atoms with E-state index in [1.165, 1.54) is 4.90 Å². The summed E-state index contributed by atoms with van der Waals surface area (Å²) >= 11 is 0. The number of methoxy groups -OCH3 is 1. The van der Waals surface area contributed by atoms with Crippen molar-refractivity contribution < 1.29 is 14.4 Å². The van der Waals surface area contributed by atoms with Crippen LogP contribution in [0.4, 0.5) is 0 Å². The van der Waals surface area contributed by atoms with Crippen LogP contribution in [0.3, 0.4) is 0 Å². The molecule has 1 aromatic carbocycles. The van der Waals surface area contributed by atoms with Gasteiger partial charge in [-0.05, 0) is 18.2 Å². The summed E-state index contributed by atoms with van der Waals surface area (Å²) in [6.07, 6.45) is 0.984. The highest BCUT2D eigenvalue weighted by atomic mass is 16.5. The molecule has 0 aromatic heterocycles. The number of ether oxygens (including phenoxy) is 1. The largest absolute Gasteiger partial charge is 0.497 e. The fourth-order valence-corrected chi connectivity index (χ4v) is 1.51. The molecule has 94 valence electrons. The fourth-order valence-electron chi connectivity index (χ4n) is 1.51. The Morgan fingerprint density at radius 1 is 1.41 bits per heavy atom. The van der Waals surface area contributed by atoms with Gasteiger partial charge in [0.05, 0.1) is 27.7 Å². The van der Waals surface area contributed by atoms with Gasteiger partial charge in [0.2, 0.25) is 0 Å². The van der Waals surface area contributed by atoms with E-state index in [-0.39, 0.29) is 5.91 Å². The quantitative estimate of drug-likeness (QED) is 0.682. The number of quaternary nitrogens is 1. The lowest BCUT2D eigenvalue weighted by atomic mass is 10.2.